The zero-order valence-corrected chi connectivity index (χ0v) is 12.2. The van der Waals surface area contributed by atoms with Gasteiger partial charge in [0.2, 0.25) is 0 Å². The van der Waals surface area contributed by atoms with E-state index in [1.807, 2.05) is 37.3 Å². The number of fused-ring (bicyclic) bond motifs is 1. The summed E-state index contributed by atoms with van der Waals surface area (Å²) in [4.78, 5) is 12.2. The second-order valence-corrected chi connectivity index (χ2v) is 5.27. The fourth-order valence-electron chi connectivity index (χ4n) is 2.21. The van der Waals surface area contributed by atoms with Gasteiger partial charge in [0.25, 0.3) is 5.91 Å². The third-order valence-corrected chi connectivity index (χ3v) is 3.67. The van der Waals surface area contributed by atoms with Gasteiger partial charge in [-0.15, -0.1) is 0 Å². The fourth-order valence-corrected chi connectivity index (χ4v) is 2.43. The molecule has 0 radical (unpaired) electrons. The van der Waals surface area contributed by atoms with Crippen LogP contribution >= 0.6 is 11.6 Å². The van der Waals surface area contributed by atoms with E-state index in [0.29, 0.717) is 10.6 Å². The molecule has 0 saturated heterocycles. The molecular weight excluding hydrogens is 286 g/mol. The van der Waals surface area contributed by atoms with E-state index in [-0.39, 0.29) is 11.9 Å². The van der Waals surface area contributed by atoms with Crippen LogP contribution in [0.5, 0.6) is 0 Å². The largest absolute Gasteiger partial charge is 0.459 e. The molecule has 0 aliphatic carbocycles. The highest BCUT2D eigenvalue weighted by atomic mass is 35.5. The summed E-state index contributed by atoms with van der Waals surface area (Å²) in [5.74, 6) is 0.505. The van der Waals surface area contributed by atoms with Crippen LogP contribution in [0.15, 0.2) is 59.0 Å². The van der Waals surface area contributed by atoms with Crippen LogP contribution in [0.2, 0.25) is 5.02 Å². The van der Waals surface area contributed by atoms with Gasteiger partial charge >= 0.3 is 0 Å². The number of hydrogen-bond donors (Lipinski definition) is 1. The molecule has 3 aromatic rings. The van der Waals surface area contributed by atoms with Crippen molar-refractivity contribution in [1.29, 1.82) is 0 Å². The van der Waals surface area contributed by atoms with Crippen LogP contribution in [0.3, 0.4) is 0 Å². The zero-order chi connectivity index (χ0) is 14.8. The van der Waals surface area contributed by atoms with Gasteiger partial charge < -0.3 is 9.73 Å². The Balaban J connectivity index is 1.81. The van der Waals surface area contributed by atoms with Gasteiger partial charge in [-0.2, -0.15) is 0 Å². The number of furan rings is 1. The third kappa shape index (κ3) is 2.78. The van der Waals surface area contributed by atoms with Gasteiger partial charge in [0, 0.05) is 5.39 Å². The highest BCUT2D eigenvalue weighted by Gasteiger charge is 2.16. The summed E-state index contributed by atoms with van der Waals surface area (Å²) in [6, 6.07) is 16.4. The molecule has 0 fully saturated rings. The number of halogens is 1. The molecule has 1 heterocycles. The smallest absolute Gasteiger partial charge is 0.253 e. The van der Waals surface area contributed by atoms with Crippen LogP contribution in [-0.2, 0) is 0 Å². The van der Waals surface area contributed by atoms with Crippen LogP contribution in [0.1, 0.15) is 29.1 Å². The van der Waals surface area contributed by atoms with Crippen LogP contribution < -0.4 is 5.32 Å². The Labute approximate surface area is 127 Å². The minimum atomic E-state index is -0.235. The molecule has 0 saturated carbocycles. The molecule has 0 bridgehead atoms. The molecule has 4 heteroatoms. The van der Waals surface area contributed by atoms with E-state index in [4.69, 9.17) is 16.0 Å². The summed E-state index contributed by atoms with van der Waals surface area (Å²) >= 11 is 6.03. The van der Waals surface area contributed by atoms with Crippen molar-refractivity contribution in [2.45, 2.75) is 13.0 Å². The number of benzene rings is 2. The van der Waals surface area contributed by atoms with E-state index in [0.717, 1.165) is 16.7 Å². The van der Waals surface area contributed by atoms with Gasteiger partial charge in [0.1, 0.15) is 11.3 Å². The van der Waals surface area contributed by atoms with E-state index >= 15 is 0 Å². The van der Waals surface area contributed by atoms with Gasteiger partial charge in [-0.05, 0) is 31.2 Å². The van der Waals surface area contributed by atoms with E-state index in [1.54, 1.807) is 24.3 Å². The molecule has 1 unspecified atom stereocenters. The van der Waals surface area contributed by atoms with Gasteiger partial charge in [-0.3, -0.25) is 4.79 Å². The summed E-state index contributed by atoms with van der Waals surface area (Å²) in [5, 5.41) is 4.35. The first-order valence-electron chi connectivity index (χ1n) is 6.69. The summed E-state index contributed by atoms with van der Waals surface area (Å²) in [7, 11) is 0. The Morgan fingerprint density at radius 2 is 1.86 bits per heavy atom. The van der Waals surface area contributed by atoms with Gasteiger partial charge in [-0.25, -0.2) is 0 Å². The van der Waals surface area contributed by atoms with E-state index in [9.17, 15) is 4.79 Å². The molecule has 0 aliphatic heterocycles. The van der Waals surface area contributed by atoms with Gasteiger partial charge in [-0.1, -0.05) is 41.9 Å². The second kappa shape index (κ2) is 5.62. The lowest BCUT2D eigenvalue weighted by molar-refractivity contribution is 0.0936. The number of para-hydroxylation sites is 1. The Bertz CT molecular complexity index is 761. The summed E-state index contributed by atoms with van der Waals surface area (Å²) in [6.07, 6.45) is 0. The highest BCUT2D eigenvalue weighted by molar-refractivity contribution is 6.33. The monoisotopic (exact) mass is 299 g/mol. The van der Waals surface area contributed by atoms with Crippen molar-refractivity contribution in [2.24, 2.45) is 0 Å². The predicted molar refractivity (Wildman–Crippen MR) is 83.5 cm³/mol. The van der Waals surface area contributed by atoms with Crippen LogP contribution in [0.4, 0.5) is 0 Å². The molecule has 1 amide bonds. The molecule has 2 aromatic carbocycles. The van der Waals surface area contributed by atoms with Crippen LogP contribution in [0, 0.1) is 0 Å². The molecule has 1 atom stereocenters. The Kier molecular flexibility index (Phi) is 3.67. The normalized spacial score (nSPS) is 12.3. The quantitative estimate of drug-likeness (QED) is 0.769. The average Bonchev–Trinajstić information content (AvgIpc) is 2.91. The van der Waals surface area contributed by atoms with Crippen molar-refractivity contribution in [3.8, 4) is 0 Å². The second-order valence-electron chi connectivity index (χ2n) is 4.86. The fraction of sp³-hybridized carbons (Fsp3) is 0.118. The minimum Gasteiger partial charge on any atom is -0.459 e. The average molecular weight is 300 g/mol. The van der Waals surface area contributed by atoms with Crippen molar-refractivity contribution in [1.82, 2.24) is 5.32 Å². The first-order valence-corrected chi connectivity index (χ1v) is 7.07. The lowest BCUT2D eigenvalue weighted by atomic mass is 10.1. The van der Waals surface area contributed by atoms with Crippen molar-refractivity contribution in [2.75, 3.05) is 0 Å². The number of amides is 1. The number of carbonyl (C=O) groups excluding carboxylic acids is 1. The minimum absolute atomic E-state index is 0.214. The van der Waals surface area contributed by atoms with Crippen LogP contribution in [-0.4, -0.2) is 5.91 Å². The highest BCUT2D eigenvalue weighted by Crippen LogP contribution is 2.24. The third-order valence-electron chi connectivity index (χ3n) is 3.34. The van der Waals surface area contributed by atoms with E-state index in [2.05, 4.69) is 5.32 Å². The number of hydrogen-bond acceptors (Lipinski definition) is 2. The van der Waals surface area contributed by atoms with Gasteiger partial charge in [0.15, 0.2) is 0 Å². The molecule has 3 nitrogen and oxygen atoms in total. The number of rotatable bonds is 3. The van der Waals surface area contributed by atoms with Crippen molar-refractivity contribution >= 4 is 28.5 Å². The van der Waals surface area contributed by atoms with Gasteiger partial charge in [0.05, 0.1) is 16.6 Å². The first kappa shape index (κ1) is 13.7. The maximum Gasteiger partial charge on any atom is 0.253 e. The molecule has 1 aromatic heterocycles. The first-order chi connectivity index (χ1) is 10.1. The molecule has 3 rings (SSSR count). The topological polar surface area (TPSA) is 42.2 Å². The lowest BCUT2D eigenvalue weighted by Crippen LogP contribution is -2.26. The Morgan fingerprint density at radius 1 is 1.14 bits per heavy atom. The number of carbonyl (C=O) groups is 1. The molecule has 21 heavy (non-hydrogen) atoms. The standard InChI is InChI=1S/C17H14ClNO2/c1-11(16-10-12-6-2-5-9-15(12)21-16)19-17(20)13-7-3-4-8-14(13)18/h2-11H,1H3,(H,19,20). The summed E-state index contributed by atoms with van der Waals surface area (Å²) in [6.45, 7) is 1.88. The lowest BCUT2D eigenvalue weighted by Gasteiger charge is -2.12. The molecular formula is C17H14ClNO2. The zero-order valence-electron chi connectivity index (χ0n) is 11.5. The molecule has 0 aliphatic rings. The Hall–Kier alpha value is -2.26. The van der Waals surface area contributed by atoms with E-state index in [1.165, 1.54) is 0 Å². The summed E-state index contributed by atoms with van der Waals surface area (Å²) < 4.78 is 5.75. The maximum absolute atomic E-state index is 12.2. The Morgan fingerprint density at radius 3 is 2.62 bits per heavy atom. The molecule has 0 spiro atoms. The molecule has 1 N–H and O–H groups in total. The maximum atomic E-state index is 12.2. The number of nitrogens with one attached hydrogen (secondary N) is 1. The van der Waals surface area contributed by atoms with Crippen LogP contribution in [0.25, 0.3) is 11.0 Å². The molecule has 106 valence electrons. The predicted octanol–water partition coefficient (Wildman–Crippen LogP) is 4.58. The van der Waals surface area contributed by atoms with E-state index < -0.39 is 0 Å². The van der Waals surface area contributed by atoms with Crippen molar-refractivity contribution < 1.29 is 9.21 Å². The summed E-state index contributed by atoms with van der Waals surface area (Å²) in [5.41, 5.74) is 1.27. The van der Waals surface area contributed by atoms with Crippen molar-refractivity contribution in [3.63, 3.8) is 0 Å². The SMILES string of the molecule is CC(NC(=O)c1ccccc1Cl)c1cc2ccccc2o1. The van der Waals surface area contributed by atoms with Crippen molar-refractivity contribution in [3.05, 3.63) is 70.9 Å².